The lowest BCUT2D eigenvalue weighted by Crippen LogP contribution is -2.17. The second-order valence-electron chi connectivity index (χ2n) is 6.28. The quantitative estimate of drug-likeness (QED) is 0.626. The molecule has 0 aliphatic carbocycles. The summed E-state index contributed by atoms with van der Waals surface area (Å²) in [5, 5.41) is 3.21. The molecule has 0 spiro atoms. The van der Waals surface area contributed by atoms with Gasteiger partial charge in [-0.15, -0.1) is 0 Å². The van der Waals surface area contributed by atoms with E-state index in [9.17, 15) is 8.42 Å². The van der Waals surface area contributed by atoms with Gasteiger partial charge in [-0.05, 0) is 48.7 Å². The monoisotopic (exact) mass is 381 g/mol. The number of hydrogen-bond donors (Lipinski definition) is 2. The van der Waals surface area contributed by atoms with E-state index in [2.05, 4.69) is 21.9 Å². The number of hydrogen-bond acceptors (Lipinski definition) is 4. The molecular weight excluding hydrogens is 358 g/mol. The Morgan fingerprint density at radius 2 is 1.67 bits per heavy atom. The van der Waals surface area contributed by atoms with Gasteiger partial charge in [-0.3, -0.25) is 4.72 Å². The lowest BCUT2D eigenvalue weighted by atomic mass is 10.1. The van der Waals surface area contributed by atoms with Gasteiger partial charge in [-0.25, -0.2) is 13.4 Å². The van der Waals surface area contributed by atoms with Crippen molar-refractivity contribution in [3.8, 4) is 0 Å². The third-order valence-electron chi connectivity index (χ3n) is 4.33. The summed E-state index contributed by atoms with van der Waals surface area (Å²) in [6.07, 6.45) is 2.48. The van der Waals surface area contributed by atoms with Crippen molar-refractivity contribution in [2.24, 2.45) is 0 Å². The van der Waals surface area contributed by atoms with Gasteiger partial charge in [-0.2, -0.15) is 0 Å². The van der Waals surface area contributed by atoms with Crippen molar-refractivity contribution >= 4 is 21.5 Å². The summed E-state index contributed by atoms with van der Waals surface area (Å²) in [4.78, 5) is 4.37. The number of benzene rings is 2. The standard InChI is InChI=1S/C21H23N3O2S/c1-3-17-11-13-19(14-12-17)24-27(25,26)20-10-7-15-22-21(20)23-16(2)18-8-5-4-6-9-18/h4-16,24H,3H2,1-2H3,(H,22,23)/t16-/m1/s1. The van der Waals surface area contributed by atoms with Gasteiger partial charge in [0, 0.05) is 17.9 Å². The van der Waals surface area contributed by atoms with Crippen LogP contribution in [-0.4, -0.2) is 13.4 Å². The Morgan fingerprint density at radius 3 is 2.33 bits per heavy atom. The molecule has 1 atom stereocenters. The average molecular weight is 382 g/mol. The van der Waals surface area contributed by atoms with E-state index in [4.69, 9.17) is 0 Å². The van der Waals surface area contributed by atoms with Gasteiger partial charge >= 0.3 is 0 Å². The molecule has 6 heteroatoms. The molecule has 3 rings (SSSR count). The van der Waals surface area contributed by atoms with E-state index in [1.807, 2.05) is 49.4 Å². The summed E-state index contributed by atoms with van der Waals surface area (Å²) in [5.74, 6) is 0.325. The number of aryl methyl sites for hydroxylation is 1. The molecule has 0 aliphatic heterocycles. The molecule has 140 valence electrons. The smallest absolute Gasteiger partial charge is 0.265 e. The lowest BCUT2D eigenvalue weighted by molar-refractivity contribution is 0.601. The van der Waals surface area contributed by atoms with Gasteiger partial charge in [0.05, 0.1) is 0 Å². The van der Waals surface area contributed by atoms with Crippen molar-refractivity contribution < 1.29 is 8.42 Å². The number of nitrogens with one attached hydrogen (secondary N) is 2. The molecule has 0 bridgehead atoms. The van der Waals surface area contributed by atoms with Crippen LogP contribution in [0.15, 0.2) is 77.8 Å². The highest BCUT2D eigenvalue weighted by atomic mass is 32.2. The minimum absolute atomic E-state index is 0.0844. The third-order valence-corrected chi connectivity index (χ3v) is 5.74. The first-order valence-corrected chi connectivity index (χ1v) is 10.4. The van der Waals surface area contributed by atoms with Crippen LogP contribution in [0.2, 0.25) is 0 Å². The van der Waals surface area contributed by atoms with Crippen molar-refractivity contribution in [1.29, 1.82) is 0 Å². The van der Waals surface area contributed by atoms with E-state index in [1.165, 1.54) is 0 Å². The zero-order valence-electron chi connectivity index (χ0n) is 15.4. The molecule has 2 aromatic carbocycles. The Hall–Kier alpha value is -2.86. The molecule has 0 saturated heterocycles. The summed E-state index contributed by atoms with van der Waals surface area (Å²) in [6, 6.07) is 20.3. The number of aromatic nitrogens is 1. The van der Waals surface area contributed by atoms with E-state index in [-0.39, 0.29) is 10.9 Å². The Labute approximate surface area is 160 Å². The topological polar surface area (TPSA) is 71.1 Å². The van der Waals surface area contributed by atoms with Crippen LogP contribution >= 0.6 is 0 Å². The lowest BCUT2D eigenvalue weighted by Gasteiger charge is -2.18. The van der Waals surface area contributed by atoms with Crippen LogP contribution in [0.25, 0.3) is 0 Å². The van der Waals surface area contributed by atoms with Gasteiger partial charge in [0.1, 0.15) is 10.7 Å². The van der Waals surface area contributed by atoms with Crippen LogP contribution in [0.1, 0.15) is 31.0 Å². The summed E-state index contributed by atoms with van der Waals surface area (Å²) in [6.45, 7) is 4.03. The molecule has 0 radical (unpaired) electrons. The Balaban J connectivity index is 1.85. The number of rotatable bonds is 7. The summed E-state index contributed by atoms with van der Waals surface area (Å²) < 4.78 is 28.4. The fraction of sp³-hybridized carbons (Fsp3) is 0.190. The number of pyridine rings is 1. The zero-order chi connectivity index (χ0) is 19.3. The van der Waals surface area contributed by atoms with Gasteiger partial charge in [0.2, 0.25) is 0 Å². The number of nitrogens with zero attached hydrogens (tertiary/aromatic N) is 1. The second kappa shape index (κ2) is 8.22. The average Bonchev–Trinajstić information content (AvgIpc) is 2.69. The van der Waals surface area contributed by atoms with Crippen LogP contribution in [0.5, 0.6) is 0 Å². The fourth-order valence-corrected chi connectivity index (χ4v) is 3.94. The van der Waals surface area contributed by atoms with Crippen molar-refractivity contribution in [3.05, 3.63) is 84.1 Å². The van der Waals surface area contributed by atoms with Gasteiger partial charge in [0.25, 0.3) is 10.0 Å². The van der Waals surface area contributed by atoms with E-state index in [0.717, 1.165) is 17.5 Å². The Kier molecular flexibility index (Phi) is 5.76. The minimum Gasteiger partial charge on any atom is -0.362 e. The minimum atomic E-state index is -3.77. The SMILES string of the molecule is CCc1ccc(NS(=O)(=O)c2cccnc2N[C@H](C)c2ccccc2)cc1. The normalized spacial score (nSPS) is 12.4. The van der Waals surface area contributed by atoms with Gasteiger partial charge < -0.3 is 5.32 Å². The highest BCUT2D eigenvalue weighted by Gasteiger charge is 2.21. The predicted molar refractivity (Wildman–Crippen MR) is 109 cm³/mol. The van der Waals surface area contributed by atoms with E-state index in [0.29, 0.717) is 11.5 Å². The third kappa shape index (κ3) is 4.65. The molecule has 0 saturated carbocycles. The van der Waals surface area contributed by atoms with Crippen molar-refractivity contribution in [2.45, 2.75) is 31.2 Å². The molecule has 3 aromatic rings. The van der Waals surface area contributed by atoms with Crippen molar-refractivity contribution in [3.63, 3.8) is 0 Å². The maximum atomic E-state index is 12.9. The number of anilines is 2. The Morgan fingerprint density at radius 1 is 0.963 bits per heavy atom. The van der Waals surface area contributed by atoms with E-state index >= 15 is 0 Å². The molecule has 1 heterocycles. The molecule has 0 amide bonds. The maximum absolute atomic E-state index is 12.9. The molecule has 0 fully saturated rings. The fourth-order valence-electron chi connectivity index (χ4n) is 2.76. The summed E-state index contributed by atoms with van der Waals surface area (Å²) in [5.41, 5.74) is 2.73. The van der Waals surface area contributed by atoms with Crippen LogP contribution in [0, 0.1) is 0 Å². The first kappa shape index (κ1) is 18.9. The van der Waals surface area contributed by atoms with Crippen LogP contribution in [0.4, 0.5) is 11.5 Å². The van der Waals surface area contributed by atoms with Gasteiger partial charge in [0.15, 0.2) is 0 Å². The largest absolute Gasteiger partial charge is 0.362 e. The molecule has 1 aromatic heterocycles. The van der Waals surface area contributed by atoms with Crippen LogP contribution in [0.3, 0.4) is 0 Å². The maximum Gasteiger partial charge on any atom is 0.265 e. The van der Waals surface area contributed by atoms with Crippen molar-refractivity contribution in [2.75, 3.05) is 10.0 Å². The predicted octanol–water partition coefficient (Wildman–Crippen LogP) is 4.62. The first-order valence-electron chi connectivity index (χ1n) is 8.88. The highest BCUT2D eigenvalue weighted by Crippen LogP contribution is 2.25. The number of sulfonamides is 1. The molecule has 2 N–H and O–H groups in total. The van der Waals surface area contributed by atoms with Gasteiger partial charge in [-0.1, -0.05) is 49.4 Å². The zero-order valence-corrected chi connectivity index (χ0v) is 16.2. The van der Waals surface area contributed by atoms with E-state index in [1.54, 1.807) is 30.5 Å². The molecule has 0 unspecified atom stereocenters. The summed E-state index contributed by atoms with van der Waals surface area (Å²) in [7, 11) is -3.77. The molecule has 27 heavy (non-hydrogen) atoms. The van der Waals surface area contributed by atoms with Crippen molar-refractivity contribution in [1.82, 2.24) is 4.98 Å². The highest BCUT2D eigenvalue weighted by molar-refractivity contribution is 7.92. The first-order chi connectivity index (χ1) is 13.0. The Bertz CT molecular complexity index is 987. The van der Waals surface area contributed by atoms with Crippen LogP contribution < -0.4 is 10.0 Å². The second-order valence-corrected chi connectivity index (χ2v) is 7.93. The summed E-state index contributed by atoms with van der Waals surface area (Å²) >= 11 is 0. The van der Waals surface area contributed by atoms with E-state index < -0.39 is 10.0 Å². The molecule has 5 nitrogen and oxygen atoms in total. The molecule has 0 aliphatic rings. The molecular formula is C21H23N3O2S. The van der Waals surface area contributed by atoms with Crippen LogP contribution in [-0.2, 0) is 16.4 Å².